The molecule has 5 aromatic rings. The van der Waals surface area contributed by atoms with Crippen molar-refractivity contribution in [1.29, 1.82) is 0 Å². The van der Waals surface area contributed by atoms with E-state index in [1.165, 1.54) is 0 Å². The maximum Gasteiger partial charge on any atom is 0.339 e. The van der Waals surface area contributed by atoms with Crippen LogP contribution in [-0.4, -0.2) is 23.5 Å². The molecule has 0 saturated carbocycles. The second kappa shape index (κ2) is 12.0. The van der Waals surface area contributed by atoms with Gasteiger partial charge in [-0.15, -0.1) is 0 Å². The number of carbonyl (C=O) groups is 2. The minimum atomic E-state index is -0.599. The van der Waals surface area contributed by atoms with Crippen LogP contribution in [0.25, 0.3) is 22.2 Å². The van der Waals surface area contributed by atoms with E-state index in [2.05, 4.69) is 5.32 Å². The first-order valence-electron chi connectivity index (χ1n) is 12.8. The maximum atomic E-state index is 13.3. The van der Waals surface area contributed by atoms with Crippen molar-refractivity contribution < 1.29 is 19.1 Å². The summed E-state index contributed by atoms with van der Waals surface area (Å²) in [4.78, 5) is 30.8. The monoisotopic (exact) mass is 550 g/mol. The van der Waals surface area contributed by atoms with E-state index in [4.69, 9.17) is 26.1 Å². The van der Waals surface area contributed by atoms with Crippen LogP contribution in [0.2, 0.25) is 5.02 Å². The number of benzene rings is 4. The van der Waals surface area contributed by atoms with Gasteiger partial charge in [0.2, 0.25) is 0 Å². The molecule has 5 rings (SSSR count). The number of esters is 1. The molecular weight excluding hydrogens is 524 g/mol. The number of fused-ring (bicyclic) bond motifs is 1. The summed E-state index contributed by atoms with van der Waals surface area (Å²) in [5.41, 5.74) is 5.66. The molecule has 7 heteroatoms. The summed E-state index contributed by atoms with van der Waals surface area (Å²) < 4.78 is 11.4. The largest absolute Gasteiger partial charge is 0.489 e. The molecule has 0 bridgehead atoms. The minimum absolute atomic E-state index is 0.372. The third-order valence-electron chi connectivity index (χ3n) is 6.52. The molecule has 0 aliphatic heterocycles. The summed E-state index contributed by atoms with van der Waals surface area (Å²) in [6.07, 6.45) is 0. The van der Waals surface area contributed by atoms with Gasteiger partial charge >= 0.3 is 5.97 Å². The van der Waals surface area contributed by atoms with Crippen LogP contribution in [0.4, 0.5) is 5.69 Å². The number of amides is 1. The fraction of sp³-hybridized carbons (Fsp3) is 0.121. The molecule has 0 radical (unpaired) electrons. The number of hydrogen-bond donors (Lipinski definition) is 1. The summed E-state index contributed by atoms with van der Waals surface area (Å²) in [6, 6.07) is 30.1. The first kappa shape index (κ1) is 26.9. The molecule has 0 atom stereocenters. The molecule has 1 heterocycles. The Morgan fingerprint density at radius 1 is 0.875 bits per heavy atom. The normalized spacial score (nSPS) is 10.8. The summed E-state index contributed by atoms with van der Waals surface area (Å²) in [7, 11) is 0. The average Bonchev–Trinajstić information content (AvgIpc) is 2.97. The van der Waals surface area contributed by atoms with Crippen molar-refractivity contribution in [2.45, 2.75) is 20.5 Å². The Labute approximate surface area is 237 Å². The molecular formula is C33H27ClN2O4. The fourth-order valence-electron chi connectivity index (χ4n) is 4.42. The molecule has 40 heavy (non-hydrogen) atoms. The predicted octanol–water partition coefficient (Wildman–Crippen LogP) is 7.55. The van der Waals surface area contributed by atoms with Gasteiger partial charge in [-0.05, 0) is 73.0 Å². The third-order valence-corrected chi connectivity index (χ3v) is 6.76. The average molecular weight is 551 g/mol. The van der Waals surface area contributed by atoms with Crippen molar-refractivity contribution in [3.63, 3.8) is 0 Å². The third kappa shape index (κ3) is 6.14. The number of nitrogens with one attached hydrogen (secondary N) is 1. The van der Waals surface area contributed by atoms with Crippen LogP contribution in [0.3, 0.4) is 0 Å². The summed E-state index contributed by atoms with van der Waals surface area (Å²) >= 11 is 6.05. The molecule has 200 valence electrons. The maximum absolute atomic E-state index is 13.3. The first-order valence-corrected chi connectivity index (χ1v) is 13.2. The van der Waals surface area contributed by atoms with E-state index in [9.17, 15) is 9.59 Å². The number of para-hydroxylation sites is 1. The van der Waals surface area contributed by atoms with Gasteiger partial charge in [-0.25, -0.2) is 9.78 Å². The highest BCUT2D eigenvalue weighted by Crippen LogP contribution is 2.31. The van der Waals surface area contributed by atoms with E-state index in [-0.39, 0.29) is 0 Å². The van der Waals surface area contributed by atoms with Gasteiger partial charge in [0.05, 0.1) is 16.8 Å². The molecule has 0 spiro atoms. The van der Waals surface area contributed by atoms with Crippen LogP contribution in [-0.2, 0) is 16.1 Å². The molecule has 0 unspecified atom stereocenters. The predicted molar refractivity (Wildman–Crippen MR) is 158 cm³/mol. The summed E-state index contributed by atoms with van der Waals surface area (Å²) in [5, 5.41) is 3.90. The number of halogens is 1. The van der Waals surface area contributed by atoms with Crippen molar-refractivity contribution in [2.75, 3.05) is 11.9 Å². The molecule has 6 nitrogen and oxygen atoms in total. The van der Waals surface area contributed by atoms with E-state index in [0.717, 1.165) is 22.4 Å². The summed E-state index contributed by atoms with van der Waals surface area (Å²) in [6.45, 7) is 3.71. The van der Waals surface area contributed by atoms with E-state index in [1.54, 1.807) is 18.2 Å². The molecule has 1 aromatic heterocycles. The van der Waals surface area contributed by atoms with E-state index in [0.29, 0.717) is 45.0 Å². The van der Waals surface area contributed by atoms with E-state index < -0.39 is 18.5 Å². The minimum Gasteiger partial charge on any atom is -0.489 e. The fourth-order valence-corrected chi connectivity index (χ4v) is 4.59. The van der Waals surface area contributed by atoms with Crippen LogP contribution in [0.5, 0.6) is 5.75 Å². The second-order valence-corrected chi connectivity index (χ2v) is 9.80. The van der Waals surface area contributed by atoms with Gasteiger partial charge in [0.25, 0.3) is 5.91 Å². The number of pyridine rings is 1. The van der Waals surface area contributed by atoms with Crippen LogP contribution in [0.1, 0.15) is 27.0 Å². The topological polar surface area (TPSA) is 77.5 Å². The quantitative estimate of drug-likeness (QED) is 0.202. The van der Waals surface area contributed by atoms with Gasteiger partial charge < -0.3 is 14.8 Å². The summed E-state index contributed by atoms with van der Waals surface area (Å²) in [5.74, 6) is -0.328. The van der Waals surface area contributed by atoms with Crippen LogP contribution < -0.4 is 10.1 Å². The van der Waals surface area contributed by atoms with Crippen LogP contribution in [0.15, 0.2) is 97.1 Å². The van der Waals surface area contributed by atoms with Gasteiger partial charge in [-0.3, -0.25) is 4.79 Å². The van der Waals surface area contributed by atoms with Crippen molar-refractivity contribution >= 4 is 40.1 Å². The number of nitrogens with zero attached hydrogens (tertiary/aromatic N) is 1. The number of carbonyl (C=O) groups excluding carboxylic acids is 2. The van der Waals surface area contributed by atoms with Crippen molar-refractivity contribution in [3.8, 4) is 17.0 Å². The van der Waals surface area contributed by atoms with Gasteiger partial charge in [0, 0.05) is 21.7 Å². The Kier molecular flexibility index (Phi) is 8.08. The Bertz CT molecular complexity index is 1690. The SMILES string of the molecule is Cc1ccc(Cl)cc1NC(=O)COC(=O)c1c(C)c(-c2ccc(OCc3ccccc3)cc2)nc2ccccc12. The van der Waals surface area contributed by atoms with E-state index >= 15 is 0 Å². The Hall–Kier alpha value is -4.68. The highest BCUT2D eigenvalue weighted by Gasteiger charge is 2.21. The molecule has 0 fully saturated rings. The lowest BCUT2D eigenvalue weighted by atomic mass is 9.97. The lowest BCUT2D eigenvalue weighted by Crippen LogP contribution is -2.22. The number of aromatic nitrogens is 1. The van der Waals surface area contributed by atoms with Gasteiger partial charge in [0.1, 0.15) is 12.4 Å². The highest BCUT2D eigenvalue weighted by atomic mass is 35.5. The number of aryl methyl sites for hydroxylation is 1. The number of anilines is 1. The van der Waals surface area contributed by atoms with Crippen molar-refractivity contribution in [1.82, 2.24) is 4.98 Å². The zero-order valence-electron chi connectivity index (χ0n) is 22.1. The Balaban J connectivity index is 1.36. The molecule has 1 amide bonds. The molecule has 0 saturated heterocycles. The van der Waals surface area contributed by atoms with Crippen molar-refractivity contribution in [2.24, 2.45) is 0 Å². The molecule has 0 aliphatic rings. The number of ether oxygens (including phenoxy) is 2. The number of rotatable bonds is 8. The van der Waals surface area contributed by atoms with Gasteiger partial charge in [-0.2, -0.15) is 0 Å². The molecule has 0 aliphatic carbocycles. The number of hydrogen-bond acceptors (Lipinski definition) is 5. The highest BCUT2D eigenvalue weighted by molar-refractivity contribution is 6.31. The van der Waals surface area contributed by atoms with E-state index in [1.807, 2.05) is 92.7 Å². The van der Waals surface area contributed by atoms with Crippen LogP contribution >= 0.6 is 11.6 Å². The first-order chi connectivity index (χ1) is 19.4. The van der Waals surface area contributed by atoms with Gasteiger partial charge in [-0.1, -0.05) is 66.2 Å². The zero-order valence-corrected chi connectivity index (χ0v) is 22.9. The Morgan fingerprint density at radius 3 is 2.38 bits per heavy atom. The lowest BCUT2D eigenvalue weighted by Gasteiger charge is -2.15. The smallest absolute Gasteiger partial charge is 0.339 e. The second-order valence-electron chi connectivity index (χ2n) is 9.36. The molecule has 4 aromatic carbocycles. The standard InChI is InChI=1S/C33H27ClN2O4/c1-21-12-15-25(34)18-29(21)35-30(37)20-40-33(38)31-22(2)32(36-28-11-7-6-10-27(28)31)24-13-16-26(17-14-24)39-19-23-8-4-3-5-9-23/h3-18H,19-20H2,1-2H3,(H,35,37). The van der Waals surface area contributed by atoms with Crippen LogP contribution in [0, 0.1) is 13.8 Å². The zero-order chi connectivity index (χ0) is 28.1. The van der Waals surface area contributed by atoms with Crippen molar-refractivity contribution in [3.05, 3.63) is 124 Å². The Morgan fingerprint density at radius 2 is 1.60 bits per heavy atom. The molecule has 1 N–H and O–H groups in total. The lowest BCUT2D eigenvalue weighted by molar-refractivity contribution is -0.119. The van der Waals surface area contributed by atoms with Gasteiger partial charge in [0.15, 0.2) is 6.61 Å².